The Labute approximate surface area is 124 Å². The van der Waals surface area contributed by atoms with Crippen molar-refractivity contribution in [3.05, 3.63) is 11.4 Å². The van der Waals surface area contributed by atoms with Crippen LogP contribution >= 0.6 is 22.4 Å². The Kier molecular flexibility index (Phi) is 6.69. The third kappa shape index (κ3) is 4.39. The van der Waals surface area contributed by atoms with Crippen LogP contribution in [0.1, 0.15) is 38.6 Å². The maximum atomic E-state index is 11.7. The van der Waals surface area contributed by atoms with Crippen molar-refractivity contribution in [3.63, 3.8) is 0 Å². The summed E-state index contributed by atoms with van der Waals surface area (Å²) < 4.78 is 25.2. The molecule has 110 valence electrons. The molecule has 1 aromatic heterocycles. The normalized spacial score (nSPS) is 12.0. The van der Waals surface area contributed by atoms with Crippen LogP contribution in [-0.2, 0) is 28.4 Å². The fourth-order valence-electron chi connectivity index (χ4n) is 2.04. The molecule has 0 N–H and O–H groups in total. The molecule has 0 aliphatic carbocycles. The van der Waals surface area contributed by atoms with Crippen molar-refractivity contribution in [1.82, 2.24) is 9.78 Å². The van der Waals surface area contributed by atoms with Gasteiger partial charge in [-0.05, 0) is 30.8 Å². The van der Waals surface area contributed by atoms with Gasteiger partial charge in [-0.25, -0.2) is 8.42 Å². The van der Waals surface area contributed by atoms with E-state index in [9.17, 15) is 8.42 Å². The fourth-order valence-corrected chi connectivity index (χ4v) is 4.19. The molecule has 0 aromatic carbocycles. The van der Waals surface area contributed by atoms with Crippen molar-refractivity contribution in [2.24, 2.45) is 0 Å². The van der Waals surface area contributed by atoms with Crippen molar-refractivity contribution < 1.29 is 8.42 Å². The van der Waals surface area contributed by atoms with Gasteiger partial charge < -0.3 is 0 Å². The van der Waals surface area contributed by atoms with Crippen LogP contribution in [0.25, 0.3) is 0 Å². The molecule has 0 saturated carbocycles. The summed E-state index contributed by atoms with van der Waals surface area (Å²) in [6.07, 6.45) is 2.18. The third-order valence-corrected chi connectivity index (χ3v) is 5.26. The SMILES string of the molecule is CCSCCCn1nc(CC)c(S(=O)(=O)Cl)c1CC. The summed E-state index contributed by atoms with van der Waals surface area (Å²) in [6.45, 7) is 6.70. The highest BCUT2D eigenvalue weighted by molar-refractivity contribution is 8.13. The van der Waals surface area contributed by atoms with Gasteiger partial charge in [-0.2, -0.15) is 16.9 Å². The average molecular weight is 325 g/mol. The van der Waals surface area contributed by atoms with Crippen LogP contribution in [0.4, 0.5) is 0 Å². The van der Waals surface area contributed by atoms with Gasteiger partial charge in [0.15, 0.2) is 0 Å². The molecular weight excluding hydrogens is 304 g/mol. The van der Waals surface area contributed by atoms with E-state index in [1.54, 1.807) is 0 Å². The van der Waals surface area contributed by atoms with E-state index in [4.69, 9.17) is 10.7 Å². The largest absolute Gasteiger partial charge is 0.268 e. The first-order valence-electron chi connectivity index (χ1n) is 6.56. The first-order chi connectivity index (χ1) is 8.95. The molecule has 7 heteroatoms. The fraction of sp³-hybridized carbons (Fsp3) is 0.750. The molecule has 4 nitrogen and oxygen atoms in total. The standard InChI is InChI=1S/C12H21ClN2O2S2/c1-4-10-12(19(13,16)17)11(5-2)15(14-10)8-7-9-18-6-3/h4-9H2,1-3H3. The monoisotopic (exact) mass is 324 g/mol. The molecule has 0 amide bonds. The van der Waals surface area contributed by atoms with Crippen LogP contribution in [0.2, 0.25) is 0 Å². The van der Waals surface area contributed by atoms with E-state index in [0.29, 0.717) is 18.5 Å². The van der Waals surface area contributed by atoms with Gasteiger partial charge in [0.25, 0.3) is 9.05 Å². The van der Waals surface area contributed by atoms with E-state index in [-0.39, 0.29) is 4.90 Å². The number of aromatic nitrogens is 2. The maximum Gasteiger partial charge on any atom is 0.264 e. The topological polar surface area (TPSA) is 52.0 Å². The van der Waals surface area contributed by atoms with E-state index in [1.807, 2.05) is 30.3 Å². The van der Waals surface area contributed by atoms with Crippen LogP contribution in [0.5, 0.6) is 0 Å². The van der Waals surface area contributed by atoms with Crippen LogP contribution in [-0.4, -0.2) is 29.7 Å². The van der Waals surface area contributed by atoms with Crippen LogP contribution in [0.15, 0.2) is 4.90 Å². The second-order valence-electron chi connectivity index (χ2n) is 4.14. The lowest BCUT2D eigenvalue weighted by atomic mass is 10.2. The molecule has 0 radical (unpaired) electrons. The zero-order chi connectivity index (χ0) is 14.5. The molecule has 1 aromatic rings. The molecule has 0 atom stereocenters. The predicted molar refractivity (Wildman–Crippen MR) is 81.6 cm³/mol. The predicted octanol–water partition coefficient (Wildman–Crippen LogP) is 3.08. The molecule has 0 saturated heterocycles. The summed E-state index contributed by atoms with van der Waals surface area (Å²) in [7, 11) is 1.82. The lowest BCUT2D eigenvalue weighted by molar-refractivity contribution is 0.571. The van der Waals surface area contributed by atoms with E-state index < -0.39 is 9.05 Å². The first-order valence-corrected chi connectivity index (χ1v) is 10.0. The van der Waals surface area contributed by atoms with E-state index in [1.165, 1.54) is 0 Å². The summed E-state index contributed by atoms with van der Waals surface area (Å²) in [4.78, 5) is 0.224. The van der Waals surface area contributed by atoms with Gasteiger partial charge >= 0.3 is 0 Å². The number of hydrogen-bond acceptors (Lipinski definition) is 4. The minimum atomic E-state index is -3.72. The van der Waals surface area contributed by atoms with Gasteiger partial charge in [-0.1, -0.05) is 20.8 Å². The molecule has 1 heterocycles. The lowest BCUT2D eigenvalue weighted by Crippen LogP contribution is -2.07. The summed E-state index contributed by atoms with van der Waals surface area (Å²) in [5.41, 5.74) is 1.31. The van der Waals surface area contributed by atoms with Crippen molar-refractivity contribution in [2.45, 2.75) is 51.5 Å². The number of halogens is 1. The van der Waals surface area contributed by atoms with E-state index >= 15 is 0 Å². The highest BCUT2D eigenvalue weighted by Crippen LogP contribution is 2.25. The molecule has 0 aliphatic rings. The molecule has 19 heavy (non-hydrogen) atoms. The van der Waals surface area contributed by atoms with Gasteiger partial charge in [0.2, 0.25) is 0 Å². The lowest BCUT2D eigenvalue weighted by Gasteiger charge is -2.06. The number of thioether (sulfide) groups is 1. The van der Waals surface area contributed by atoms with E-state index in [2.05, 4.69) is 12.0 Å². The zero-order valence-electron chi connectivity index (χ0n) is 11.6. The molecule has 0 spiro atoms. The van der Waals surface area contributed by atoms with Gasteiger partial charge in [-0.15, -0.1) is 0 Å². The smallest absolute Gasteiger partial charge is 0.264 e. The Hall–Kier alpha value is -0.200. The Balaban J connectivity index is 3.03. The highest BCUT2D eigenvalue weighted by Gasteiger charge is 2.25. The van der Waals surface area contributed by atoms with Gasteiger partial charge in [0.05, 0.1) is 11.4 Å². The zero-order valence-corrected chi connectivity index (χ0v) is 14.0. The number of rotatable bonds is 8. The summed E-state index contributed by atoms with van der Waals surface area (Å²) in [5.74, 6) is 2.16. The molecule has 0 bridgehead atoms. The Morgan fingerprint density at radius 3 is 2.42 bits per heavy atom. The van der Waals surface area contributed by atoms with Crippen LogP contribution in [0, 0.1) is 0 Å². The first kappa shape index (κ1) is 16.9. The Morgan fingerprint density at radius 1 is 1.26 bits per heavy atom. The second-order valence-corrected chi connectivity index (χ2v) is 8.04. The van der Waals surface area contributed by atoms with Crippen molar-refractivity contribution in [2.75, 3.05) is 11.5 Å². The second kappa shape index (κ2) is 7.55. The number of nitrogens with zero attached hydrogens (tertiary/aromatic N) is 2. The molecule has 1 rings (SSSR count). The molecule has 0 aliphatic heterocycles. The van der Waals surface area contributed by atoms with Gasteiger partial charge in [0.1, 0.15) is 4.90 Å². The Bertz CT molecular complexity index is 512. The van der Waals surface area contributed by atoms with Crippen molar-refractivity contribution in [3.8, 4) is 0 Å². The molecule has 0 fully saturated rings. The minimum Gasteiger partial charge on any atom is -0.268 e. The maximum absolute atomic E-state index is 11.7. The molecule has 0 unspecified atom stereocenters. The van der Waals surface area contributed by atoms with Crippen molar-refractivity contribution in [1.29, 1.82) is 0 Å². The summed E-state index contributed by atoms with van der Waals surface area (Å²) in [5, 5.41) is 4.41. The third-order valence-electron chi connectivity index (χ3n) is 2.85. The highest BCUT2D eigenvalue weighted by atomic mass is 35.7. The summed E-state index contributed by atoms with van der Waals surface area (Å²) in [6, 6.07) is 0. The van der Waals surface area contributed by atoms with Crippen molar-refractivity contribution >= 4 is 31.5 Å². The average Bonchev–Trinajstić information content (AvgIpc) is 2.72. The van der Waals surface area contributed by atoms with Crippen LogP contribution in [0.3, 0.4) is 0 Å². The number of aryl methyl sites for hydroxylation is 2. The molecular formula is C12H21ClN2O2S2. The Morgan fingerprint density at radius 2 is 1.95 bits per heavy atom. The number of hydrogen-bond donors (Lipinski definition) is 0. The van der Waals surface area contributed by atoms with Crippen LogP contribution < -0.4 is 0 Å². The van der Waals surface area contributed by atoms with Gasteiger partial charge in [0, 0.05) is 17.2 Å². The quantitative estimate of drug-likeness (QED) is 0.544. The van der Waals surface area contributed by atoms with E-state index in [0.717, 1.165) is 30.2 Å². The summed E-state index contributed by atoms with van der Waals surface area (Å²) >= 11 is 1.88. The minimum absolute atomic E-state index is 0.224. The van der Waals surface area contributed by atoms with Gasteiger partial charge in [-0.3, -0.25) is 4.68 Å².